The topological polar surface area (TPSA) is 90.2 Å². The SMILES string of the molecule is O=C(O)c1cc(OCc2ccccc2)c(OCc2ccccc2)cc1-n1cc(C(=O)N(c2ccccc2)c2ccc(OCc3ccccc3)cc2)c2ccccc21. The smallest absolute Gasteiger partial charge is 0.337 e. The number of ether oxygens (including phenoxy) is 3. The first-order valence-corrected chi connectivity index (χ1v) is 18.5. The maximum atomic E-state index is 14.9. The van der Waals surface area contributed by atoms with Gasteiger partial charge in [0.25, 0.3) is 5.91 Å². The second-order valence-corrected chi connectivity index (χ2v) is 13.3. The molecular formula is C49H38N2O6. The zero-order chi connectivity index (χ0) is 39.0. The van der Waals surface area contributed by atoms with Gasteiger partial charge in [0.1, 0.15) is 25.6 Å². The molecule has 8 rings (SSSR count). The quantitative estimate of drug-likeness (QED) is 0.119. The predicted molar refractivity (Wildman–Crippen MR) is 222 cm³/mol. The summed E-state index contributed by atoms with van der Waals surface area (Å²) in [5.41, 5.74) is 5.54. The van der Waals surface area contributed by atoms with Crippen LogP contribution in [-0.4, -0.2) is 21.6 Å². The number of carbonyl (C=O) groups excluding carboxylic acids is 1. The molecule has 1 N–H and O–H groups in total. The van der Waals surface area contributed by atoms with E-state index in [4.69, 9.17) is 14.2 Å². The standard InChI is InChI=1S/C49H38N2O6/c52-48(51(38-21-11-4-12-22-38)39-25-27-40(28-26-39)55-32-35-15-5-1-6-16-35)43-31-50(44-24-14-13-23-41(43)44)45-30-47(57-34-37-19-9-3-10-20-37)46(29-42(45)49(53)54)56-33-36-17-7-2-8-18-36/h1-31H,32-34H2,(H,53,54). The van der Waals surface area contributed by atoms with E-state index in [1.807, 2.05) is 170 Å². The molecule has 0 atom stereocenters. The van der Waals surface area contributed by atoms with Gasteiger partial charge in [0, 0.05) is 35.1 Å². The lowest BCUT2D eigenvalue weighted by molar-refractivity contribution is 0.0696. The summed E-state index contributed by atoms with van der Waals surface area (Å²) in [7, 11) is 0. The first-order chi connectivity index (χ1) is 28.0. The Hall–Kier alpha value is -7.58. The summed E-state index contributed by atoms with van der Waals surface area (Å²) in [5.74, 6) is -0.136. The molecule has 0 saturated carbocycles. The monoisotopic (exact) mass is 750 g/mol. The van der Waals surface area contributed by atoms with Gasteiger partial charge < -0.3 is 23.9 Å². The van der Waals surface area contributed by atoms with Crippen molar-refractivity contribution in [2.24, 2.45) is 0 Å². The van der Waals surface area contributed by atoms with E-state index in [9.17, 15) is 14.7 Å². The van der Waals surface area contributed by atoms with E-state index in [-0.39, 0.29) is 30.4 Å². The molecule has 0 radical (unpaired) electrons. The molecule has 1 aromatic heterocycles. The van der Waals surface area contributed by atoms with Gasteiger partial charge in [0.05, 0.1) is 22.3 Å². The third-order valence-corrected chi connectivity index (χ3v) is 9.53. The molecule has 0 bridgehead atoms. The second kappa shape index (κ2) is 16.8. The highest BCUT2D eigenvalue weighted by molar-refractivity contribution is 6.17. The van der Waals surface area contributed by atoms with Crippen LogP contribution in [0.15, 0.2) is 188 Å². The molecule has 280 valence electrons. The van der Waals surface area contributed by atoms with Gasteiger partial charge >= 0.3 is 5.97 Å². The van der Waals surface area contributed by atoms with Gasteiger partial charge in [-0.25, -0.2) is 4.79 Å². The van der Waals surface area contributed by atoms with Gasteiger partial charge in [-0.3, -0.25) is 9.69 Å². The van der Waals surface area contributed by atoms with E-state index in [2.05, 4.69) is 0 Å². The fourth-order valence-electron chi connectivity index (χ4n) is 6.68. The van der Waals surface area contributed by atoms with Crippen molar-refractivity contribution in [3.63, 3.8) is 0 Å². The van der Waals surface area contributed by atoms with Gasteiger partial charge in [0.15, 0.2) is 11.5 Å². The van der Waals surface area contributed by atoms with Crippen molar-refractivity contribution < 1.29 is 28.9 Å². The number of aromatic carboxylic acids is 1. The molecule has 57 heavy (non-hydrogen) atoms. The third kappa shape index (κ3) is 8.26. The van der Waals surface area contributed by atoms with Crippen LogP contribution in [0.1, 0.15) is 37.4 Å². The fourth-order valence-corrected chi connectivity index (χ4v) is 6.68. The van der Waals surface area contributed by atoms with Gasteiger partial charge in [-0.2, -0.15) is 0 Å². The number of nitrogens with zero attached hydrogens (tertiary/aromatic N) is 2. The van der Waals surface area contributed by atoms with Crippen LogP contribution < -0.4 is 19.1 Å². The number of rotatable bonds is 14. The molecule has 0 aliphatic rings. The van der Waals surface area contributed by atoms with Crippen LogP contribution >= 0.6 is 0 Å². The number of hydrogen-bond acceptors (Lipinski definition) is 5. The molecule has 7 aromatic carbocycles. The zero-order valence-electron chi connectivity index (χ0n) is 30.9. The minimum absolute atomic E-state index is 0.0177. The Labute approximate surface area is 330 Å². The van der Waals surface area contributed by atoms with Crippen LogP contribution in [0.5, 0.6) is 17.2 Å². The van der Waals surface area contributed by atoms with E-state index in [1.165, 1.54) is 6.07 Å². The first kappa shape index (κ1) is 36.4. The summed E-state index contributed by atoms with van der Waals surface area (Å²) in [4.78, 5) is 29.6. The van der Waals surface area contributed by atoms with E-state index in [0.717, 1.165) is 16.7 Å². The Balaban J connectivity index is 1.19. The van der Waals surface area contributed by atoms with Crippen molar-refractivity contribution in [2.75, 3.05) is 4.90 Å². The highest BCUT2D eigenvalue weighted by Crippen LogP contribution is 2.38. The molecule has 0 aliphatic carbocycles. The van der Waals surface area contributed by atoms with Crippen LogP contribution in [0.4, 0.5) is 11.4 Å². The van der Waals surface area contributed by atoms with Gasteiger partial charge in [-0.05, 0) is 59.2 Å². The number of carboxylic acids is 1. The summed E-state index contributed by atoms with van der Waals surface area (Å²) >= 11 is 0. The van der Waals surface area contributed by atoms with Gasteiger partial charge in [0.2, 0.25) is 0 Å². The molecule has 8 nitrogen and oxygen atoms in total. The van der Waals surface area contributed by atoms with Crippen molar-refractivity contribution in [1.82, 2.24) is 4.57 Å². The number of carboxylic acid groups (broad SMARTS) is 1. The van der Waals surface area contributed by atoms with E-state index in [0.29, 0.717) is 51.6 Å². The molecular weight excluding hydrogens is 713 g/mol. The molecule has 0 aliphatic heterocycles. The van der Waals surface area contributed by atoms with Crippen molar-refractivity contribution in [1.29, 1.82) is 0 Å². The molecule has 0 unspecified atom stereocenters. The number of benzene rings is 7. The Morgan fingerprint density at radius 2 is 0.982 bits per heavy atom. The maximum Gasteiger partial charge on any atom is 0.337 e. The van der Waals surface area contributed by atoms with Crippen LogP contribution in [-0.2, 0) is 19.8 Å². The van der Waals surface area contributed by atoms with Gasteiger partial charge in [-0.15, -0.1) is 0 Å². The van der Waals surface area contributed by atoms with Crippen LogP contribution in [0.2, 0.25) is 0 Å². The lowest BCUT2D eigenvalue weighted by atomic mass is 10.1. The summed E-state index contributed by atoms with van der Waals surface area (Å²) in [6.45, 7) is 0.854. The van der Waals surface area contributed by atoms with Gasteiger partial charge in [-0.1, -0.05) is 127 Å². The average molecular weight is 751 g/mol. The summed E-state index contributed by atoms with van der Waals surface area (Å²) in [5, 5.41) is 11.3. The van der Waals surface area contributed by atoms with Crippen LogP contribution in [0, 0.1) is 0 Å². The fraction of sp³-hybridized carbons (Fsp3) is 0.0612. The first-order valence-electron chi connectivity index (χ1n) is 18.5. The summed E-state index contributed by atoms with van der Waals surface area (Å²) in [6.07, 6.45) is 1.70. The third-order valence-electron chi connectivity index (χ3n) is 9.53. The molecule has 8 heteroatoms. The van der Waals surface area contributed by atoms with Crippen molar-refractivity contribution >= 4 is 34.2 Å². The number of anilines is 2. The van der Waals surface area contributed by atoms with Crippen molar-refractivity contribution in [2.45, 2.75) is 19.8 Å². The molecule has 0 saturated heterocycles. The predicted octanol–water partition coefficient (Wildman–Crippen LogP) is 11.0. The second-order valence-electron chi connectivity index (χ2n) is 13.3. The summed E-state index contributed by atoms with van der Waals surface area (Å²) < 4.78 is 20.4. The maximum absolute atomic E-state index is 14.9. The van der Waals surface area contributed by atoms with E-state index < -0.39 is 5.97 Å². The minimum atomic E-state index is -1.16. The number of para-hydroxylation sites is 2. The van der Waals surface area contributed by atoms with Crippen LogP contribution in [0.25, 0.3) is 16.6 Å². The molecule has 8 aromatic rings. The Morgan fingerprint density at radius 1 is 0.509 bits per heavy atom. The minimum Gasteiger partial charge on any atom is -0.489 e. The molecule has 0 spiro atoms. The molecule has 1 amide bonds. The van der Waals surface area contributed by atoms with Crippen molar-refractivity contribution in [3.05, 3.63) is 216 Å². The zero-order valence-corrected chi connectivity index (χ0v) is 30.9. The lowest BCUT2D eigenvalue weighted by Gasteiger charge is -2.23. The largest absolute Gasteiger partial charge is 0.489 e. The molecule has 1 heterocycles. The number of amides is 1. The number of aromatic nitrogens is 1. The van der Waals surface area contributed by atoms with E-state index >= 15 is 0 Å². The molecule has 0 fully saturated rings. The number of carbonyl (C=O) groups is 2. The Morgan fingerprint density at radius 3 is 1.54 bits per heavy atom. The number of hydrogen-bond donors (Lipinski definition) is 1. The Kier molecular flexibility index (Phi) is 10.8. The van der Waals surface area contributed by atoms with Crippen molar-refractivity contribution in [3.8, 4) is 22.9 Å². The normalized spacial score (nSPS) is 10.9. The highest BCUT2D eigenvalue weighted by atomic mass is 16.5. The van der Waals surface area contributed by atoms with E-state index in [1.54, 1.807) is 21.7 Å². The lowest BCUT2D eigenvalue weighted by Crippen LogP contribution is -2.25. The van der Waals surface area contributed by atoms with Crippen LogP contribution in [0.3, 0.4) is 0 Å². The average Bonchev–Trinajstić information content (AvgIpc) is 3.66. The summed E-state index contributed by atoms with van der Waals surface area (Å²) in [6, 6.07) is 56.7. The Bertz CT molecular complexity index is 2610. The highest BCUT2D eigenvalue weighted by Gasteiger charge is 2.27. The number of fused-ring (bicyclic) bond motifs is 1.